The number of alkyl halides is 3. The topological polar surface area (TPSA) is 80.3 Å². The fraction of sp³-hybridized carbons (Fsp3) is 0.421. The third-order valence-electron chi connectivity index (χ3n) is 5.45. The molecule has 12 heteroatoms. The number of thiazole rings is 1. The minimum Gasteiger partial charge on any atom is -0.484 e. The summed E-state index contributed by atoms with van der Waals surface area (Å²) in [4.78, 5) is 27.7. The molecule has 2 amide bonds. The molecule has 5 rings (SSSR count). The monoisotopic (exact) mass is 477 g/mol. The standard InChI is InChI=1S/C19H16ClF4N3O3S/c20-11-2-1-10(5-12(11)21)30-7-14(28)26-17-3-4-18(8-17,9-17)27-15(29)13-6-25-16(31-13)19(22,23)24/h1-2,5-6H,3-4,7-9H2,(H,26,28)(H,27,29). The largest absolute Gasteiger partial charge is 0.484 e. The van der Waals surface area contributed by atoms with Gasteiger partial charge in [0.25, 0.3) is 11.8 Å². The minimum atomic E-state index is -4.59. The molecule has 1 heterocycles. The second-order valence-corrected chi connectivity index (χ2v) is 9.25. The maximum Gasteiger partial charge on any atom is 0.443 e. The van der Waals surface area contributed by atoms with Crippen LogP contribution in [-0.2, 0) is 11.0 Å². The van der Waals surface area contributed by atoms with Gasteiger partial charge in [0.2, 0.25) is 0 Å². The van der Waals surface area contributed by atoms with Gasteiger partial charge in [0, 0.05) is 17.1 Å². The molecule has 1 aromatic heterocycles. The van der Waals surface area contributed by atoms with E-state index in [1.54, 1.807) is 0 Å². The first-order valence-electron chi connectivity index (χ1n) is 9.24. The Bertz CT molecular complexity index is 1040. The Morgan fingerprint density at radius 2 is 1.87 bits per heavy atom. The van der Waals surface area contributed by atoms with Crippen molar-refractivity contribution in [3.05, 3.63) is 45.1 Å². The molecule has 3 aliphatic rings. The molecular formula is C19H16ClF4N3O3S. The number of hydrogen-bond donors (Lipinski definition) is 2. The first-order chi connectivity index (χ1) is 14.5. The van der Waals surface area contributed by atoms with Gasteiger partial charge in [-0.2, -0.15) is 13.2 Å². The van der Waals surface area contributed by atoms with Crippen molar-refractivity contribution in [1.29, 1.82) is 0 Å². The predicted molar refractivity (Wildman–Crippen MR) is 104 cm³/mol. The number of fused-ring (bicyclic) bond motifs is 1. The van der Waals surface area contributed by atoms with Gasteiger partial charge < -0.3 is 15.4 Å². The van der Waals surface area contributed by atoms with Crippen LogP contribution >= 0.6 is 22.9 Å². The lowest BCUT2D eigenvalue weighted by atomic mass is 9.71. The van der Waals surface area contributed by atoms with Gasteiger partial charge in [-0.05, 0) is 37.8 Å². The number of benzene rings is 1. The van der Waals surface area contributed by atoms with E-state index in [1.165, 1.54) is 12.1 Å². The molecule has 0 saturated heterocycles. The summed E-state index contributed by atoms with van der Waals surface area (Å²) >= 11 is 5.89. The predicted octanol–water partition coefficient (Wildman–Crippen LogP) is 3.94. The van der Waals surface area contributed by atoms with Gasteiger partial charge in [0.15, 0.2) is 11.6 Å². The Balaban J connectivity index is 1.28. The van der Waals surface area contributed by atoms with Crippen molar-refractivity contribution in [3.8, 4) is 5.75 Å². The molecule has 3 saturated carbocycles. The van der Waals surface area contributed by atoms with Crippen molar-refractivity contribution in [1.82, 2.24) is 15.6 Å². The highest BCUT2D eigenvalue weighted by atomic mass is 35.5. The molecule has 0 atom stereocenters. The molecule has 0 unspecified atom stereocenters. The Kier molecular flexibility index (Phi) is 5.37. The van der Waals surface area contributed by atoms with E-state index in [2.05, 4.69) is 15.6 Å². The number of halogens is 5. The van der Waals surface area contributed by atoms with E-state index in [4.69, 9.17) is 16.3 Å². The van der Waals surface area contributed by atoms with Crippen molar-refractivity contribution in [2.75, 3.05) is 6.61 Å². The third-order valence-corrected chi connectivity index (χ3v) is 6.80. The zero-order chi connectivity index (χ0) is 22.4. The molecule has 2 bridgehead atoms. The summed E-state index contributed by atoms with van der Waals surface area (Å²) in [6.45, 7) is -0.316. The van der Waals surface area contributed by atoms with Crippen LogP contribution in [0.25, 0.3) is 0 Å². The highest BCUT2D eigenvalue weighted by Gasteiger charge is 2.62. The van der Waals surface area contributed by atoms with Crippen molar-refractivity contribution in [3.63, 3.8) is 0 Å². The second kappa shape index (κ2) is 7.63. The summed E-state index contributed by atoms with van der Waals surface area (Å²) in [6, 6.07) is 3.85. The van der Waals surface area contributed by atoms with Crippen LogP contribution in [0, 0.1) is 5.82 Å². The fourth-order valence-electron chi connectivity index (χ4n) is 4.24. The summed E-state index contributed by atoms with van der Waals surface area (Å²) in [6.07, 6.45) is -1.53. The van der Waals surface area contributed by atoms with E-state index in [0.717, 1.165) is 12.3 Å². The van der Waals surface area contributed by atoms with Gasteiger partial charge in [-0.1, -0.05) is 11.6 Å². The van der Waals surface area contributed by atoms with E-state index < -0.39 is 39.9 Å². The number of rotatable bonds is 6. The Labute approximate surface area is 182 Å². The van der Waals surface area contributed by atoms with Crippen LogP contribution in [0.1, 0.15) is 40.4 Å². The van der Waals surface area contributed by atoms with Gasteiger partial charge in [-0.15, -0.1) is 11.3 Å². The minimum absolute atomic E-state index is 0.0533. The number of ether oxygens (including phenoxy) is 1. The van der Waals surface area contributed by atoms with Crippen LogP contribution in [0.4, 0.5) is 17.6 Å². The lowest BCUT2D eigenvalue weighted by molar-refractivity contribution is -0.137. The van der Waals surface area contributed by atoms with E-state index in [0.29, 0.717) is 37.0 Å². The molecule has 6 nitrogen and oxygen atoms in total. The molecule has 0 spiro atoms. The summed E-state index contributed by atoms with van der Waals surface area (Å²) in [5, 5.41) is 4.56. The first-order valence-corrected chi connectivity index (χ1v) is 10.4. The van der Waals surface area contributed by atoms with Crippen LogP contribution in [0.5, 0.6) is 5.75 Å². The molecule has 0 aliphatic heterocycles. The van der Waals surface area contributed by atoms with Crippen LogP contribution in [0.15, 0.2) is 24.4 Å². The molecule has 0 radical (unpaired) electrons. The van der Waals surface area contributed by atoms with Crippen molar-refractivity contribution < 1.29 is 31.9 Å². The summed E-state index contributed by atoms with van der Waals surface area (Å²) in [5.74, 6) is -1.49. The quantitative estimate of drug-likeness (QED) is 0.617. The van der Waals surface area contributed by atoms with Crippen LogP contribution in [0.3, 0.4) is 0 Å². The average molecular weight is 478 g/mol. The smallest absolute Gasteiger partial charge is 0.443 e. The van der Waals surface area contributed by atoms with Gasteiger partial charge >= 0.3 is 6.18 Å². The van der Waals surface area contributed by atoms with Crippen LogP contribution < -0.4 is 15.4 Å². The maximum atomic E-state index is 13.4. The van der Waals surface area contributed by atoms with Crippen molar-refractivity contribution in [2.45, 2.75) is 42.9 Å². The third kappa shape index (κ3) is 4.47. The first kappa shape index (κ1) is 21.8. The summed E-state index contributed by atoms with van der Waals surface area (Å²) in [5.41, 5.74) is -1.06. The molecular weight excluding hydrogens is 462 g/mol. The Morgan fingerprint density at radius 1 is 1.19 bits per heavy atom. The molecule has 1 aromatic carbocycles. The number of nitrogens with one attached hydrogen (secondary N) is 2. The SMILES string of the molecule is O=C(COc1ccc(Cl)c(F)c1)NC12CCC(NC(=O)c3cnc(C(F)(F)F)s3)(C1)C2. The highest BCUT2D eigenvalue weighted by Crippen LogP contribution is 2.55. The lowest BCUT2D eigenvalue weighted by Crippen LogP contribution is -2.64. The van der Waals surface area contributed by atoms with Gasteiger partial charge in [-0.3, -0.25) is 9.59 Å². The molecule has 166 valence electrons. The average Bonchev–Trinajstić information content (AvgIpc) is 3.36. The lowest BCUT2D eigenvalue weighted by Gasteiger charge is -2.48. The number of hydrogen-bond acceptors (Lipinski definition) is 5. The van der Waals surface area contributed by atoms with Gasteiger partial charge in [-0.25, -0.2) is 9.37 Å². The normalized spacial score (nSPS) is 24.4. The van der Waals surface area contributed by atoms with Crippen LogP contribution in [0.2, 0.25) is 5.02 Å². The van der Waals surface area contributed by atoms with E-state index in [-0.39, 0.29) is 22.3 Å². The zero-order valence-corrected chi connectivity index (χ0v) is 17.4. The number of nitrogens with zero attached hydrogens (tertiary/aromatic N) is 1. The van der Waals surface area contributed by atoms with Gasteiger partial charge in [0.1, 0.15) is 16.4 Å². The van der Waals surface area contributed by atoms with E-state index in [9.17, 15) is 27.2 Å². The van der Waals surface area contributed by atoms with Gasteiger partial charge in [0.05, 0.1) is 11.2 Å². The van der Waals surface area contributed by atoms with Crippen LogP contribution in [-0.4, -0.2) is 34.5 Å². The number of carbonyl (C=O) groups is 2. The number of aromatic nitrogens is 1. The molecule has 2 N–H and O–H groups in total. The van der Waals surface area contributed by atoms with E-state index >= 15 is 0 Å². The summed E-state index contributed by atoms with van der Waals surface area (Å²) < 4.78 is 56.7. The van der Waals surface area contributed by atoms with E-state index in [1.807, 2.05) is 0 Å². The molecule has 2 aromatic rings. The molecule has 3 aliphatic carbocycles. The number of amides is 2. The van der Waals surface area contributed by atoms with Crippen molar-refractivity contribution >= 4 is 34.8 Å². The zero-order valence-electron chi connectivity index (χ0n) is 15.8. The Hall–Kier alpha value is -2.40. The molecule has 3 fully saturated rings. The van der Waals surface area contributed by atoms with Crippen molar-refractivity contribution in [2.24, 2.45) is 0 Å². The second-order valence-electron chi connectivity index (χ2n) is 7.81. The molecule has 31 heavy (non-hydrogen) atoms. The fourth-order valence-corrected chi connectivity index (χ4v) is 5.03. The highest BCUT2D eigenvalue weighted by molar-refractivity contribution is 7.13. The number of carbonyl (C=O) groups excluding carboxylic acids is 2. The maximum absolute atomic E-state index is 13.4. The summed E-state index contributed by atoms with van der Waals surface area (Å²) in [7, 11) is 0. The Morgan fingerprint density at radius 3 is 2.48 bits per heavy atom.